The van der Waals surface area contributed by atoms with Gasteiger partial charge >= 0.3 is 0 Å². The van der Waals surface area contributed by atoms with Crippen LogP contribution in [0.4, 0.5) is 0 Å². The summed E-state index contributed by atoms with van der Waals surface area (Å²) in [6, 6.07) is 3.40. The minimum absolute atomic E-state index is 0.135. The minimum Gasteiger partial charge on any atom is -0.395 e. The molecule has 1 aromatic rings. The highest BCUT2D eigenvalue weighted by Gasteiger charge is 2.31. The van der Waals surface area contributed by atoms with Gasteiger partial charge in [-0.05, 0) is 31.4 Å². The first kappa shape index (κ1) is 15.4. The zero-order valence-electron chi connectivity index (χ0n) is 11.6. The van der Waals surface area contributed by atoms with Crippen molar-refractivity contribution in [3.63, 3.8) is 0 Å². The summed E-state index contributed by atoms with van der Waals surface area (Å²) in [7, 11) is -3.58. The number of hydrogen-bond acceptors (Lipinski definition) is 4. The molecule has 1 saturated heterocycles. The van der Waals surface area contributed by atoms with Crippen LogP contribution in [0.1, 0.15) is 30.5 Å². The molecule has 0 aromatic carbocycles. The molecule has 2 N–H and O–H groups in total. The predicted molar refractivity (Wildman–Crippen MR) is 76.2 cm³/mol. The molecule has 0 saturated carbocycles. The summed E-state index contributed by atoms with van der Waals surface area (Å²) in [5, 5.41) is 9.31. The molecule has 1 aromatic heterocycles. The van der Waals surface area contributed by atoms with Crippen molar-refractivity contribution in [3.8, 4) is 0 Å². The van der Waals surface area contributed by atoms with E-state index in [0.29, 0.717) is 18.7 Å². The third-order valence-corrected chi connectivity index (χ3v) is 5.24. The number of nitrogens with zero attached hydrogens (tertiary/aromatic N) is 2. The first-order valence-electron chi connectivity index (χ1n) is 6.82. The first-order valence-corrected chi connectivity index (χ1v) is 8.26. The maximum absolute atomic E-state index is 12.3. The van der Waals surface area contributed by atoms with Gasteiger partial charge in [0.2, 0.25) is 0 Å². The molecule has 0 spiro atoms. The van der Waals surface area contributed by atoms with Crippen molar-refractivity contribution in [1.82, 2.24) is 14.0 Å². The number of rotatable bonds is 5. The molecule has 112 valence electrons. The summed E-state index contributed by atoms with van der Waals surface area (Å²) in [6.45, 7) is 2.39. The van der Waals surface area contributed by atoms with Crippen LogP contribution < -0.4 is 4.72 Å². The Kier molecular flexibility index (Phi) is 5.09. The van der Waals surface area contributed by atoms with Gasteiger partial charge in [-0.25, -0.2) is 0 Å². The Morgan fingerprint density at radius 1 is 1.50 bits per heavy atom. The van der Waals surface area contributed by atoms with Gasteiger partial charge in [-0.3, -0.25) is 4.98 Å². The zero-order chi connectivity index (χ0) is 14.6. The molecular weight excluding hydrogens is 278 g/mol. The van der Waals surface area contributed by atoms with Crippen LogP contribution in [0.2, 0.25) is 0 Å². The van der Waals surface area contributed by atoms with Gasteiger partial charge in [0.05, 0.1) is 18.8 Å². The number of piperidine rings is 1. The Morgan fingerprint density at radius 3 is 3.00 bits per heavy atom. The molecule has 1 fully saturated rings. The van der Waals surface area contributed by atoms with E-state index in [1.54, 1.807) is 6.20 Å². The lowest BCUT2D eigenvalue weighted by atomic mass is 10.1. The summed E-state index contributed by atoms with van der Waals surface area (Å²) in [6.07, 6.45) is 4.14. The summed E-state index contributed by atoms with van der Waals surface area (Å²) in [4.78, 5) is 4.17. The van der Waals surface area contributed by atoms with Crippen LogP contribution in [0.15, 0.2) is 18.3 Å². The van der Waals surface area contributed by atoms with Gasteiger partial charge in [0.25, 0.3) is 10.2 Å². The average molecular weight is 299 g/mol. The standard InChI is InChI=1S/C13H21N3O3S/c1-11-5-4-7-14-13(11)9-15-20(18,19)16-8-3-2-6-12(16)10-17/h4-5,7,12,15,17H,2-3,6,8-10H2,1H3. The third kappa shape index (κ3) is 3.54. The van der Waals surface area contributed by atoms with Crippen LogP contribution in [0.25, 0.3) is 0 Å². The molecule has 20 heavy (non-hydrogen) atoms. The molecule has 0 radical (unpaired) electrons. The second kappa shape index (κ2) is 6.62. The van der Waals surface area contributed by atoms with Crippen LogP contribution in [-0.2, 0) is 16.8 Å². The van der Waals surface area contributed by atoms with E-state index in [9.17, 15) is 13.5 Å². The summed E-state index contributed by atoms with van der Waals surface area (Å²) in [5.41, 5.74) is 1.67. The van der Waals surface area contributed by atoms with Gasteiger partial charge in [-0.15, -0.1) is 0 Å². The molecule has 0 aliphatic carbocycles. The Bertz CT molecular complexity index is 548. The molecule has 1 atom stereocenters. The SMILES string of the molecule is Cc1cccnc1CNS(=O)(=O)N1CCCCC1CO. The Balaban J connectivity index is 2.05. The van der Waals surface area contributed by atoms with Crippen molar-refractivity contribution in [2.24, 2.45) is 0 Å². The number of nitrogens with one attached hydrogen (secondary N) is 1. The van der Waals surface area contributed by atoms with Crippen molar-refractivity contribution >= 4 is 10.2 Å². The third-order valence-electron chi connectivity index (χ3n) is 3.63. The quantitative estimate of drug-likeness (QED) is 0.833. The van der Waals surface area contributed by atoms with Crippen LogP contribution >= 0.6 is 0 Å². The van der Waals surface area contributed by atoms with Crippen molar-refractivity contribution in [2.75, 3.05) is 13.2 Å². The summed E-state index contributed by atoms with van der Waals surface area (Å²) < 4.78 is 28.6. The maximum Gasteiger partial charge on any atom is 0.280 e. The van der Waals surface area contributed by atoms with E-state index in [2.05, 4.69) is 9.71 Å². The number of aliphatic hydroxyl groups is 1. The van der Waals surface area contributed by atoms with E-state index in [1.807, 2.05) is 19.1 Å². The summed E-state index contributed by atoms with van der Waals surface area (Å²) >= 11 is 0. The van der Waals surface area contributed by atoms with Crippen molar-refractivity contribution in [2.45, 2.75) is 38.8 Å². The number of pyridine rings is 1. The predicted octanol–water partition coefficient (Wildman–Crippen LogP) is 0.571. The Labute approximate surface area is 120 Å². The monoisotopic (exact) mass is 299 g/mol. The number of aryl methyl sites for hydroxylation is 1. The van der Waals surface area contributed by atoms with Crippen LogP contribution in [0.3, 0.4) is 0 Å². The Hall–Kier alpha value is -1.02. The Morgan fingerprint density at radius 2 is 2.30 bits per heavy atom. The first-order chi connectivity index (χ1) is 9.54. The number of hydrogen-bond donors (Lipinski definition) is 2. The van der Waals surface area contributed by atoms with Gasteiger partial charge < -0.3 is 5.11 Å². The number of aliphatic hydroxyl groups excluding tert-OH is 1. The van der Waals surface area contributed by atoms with Crippen LogP contribution in [-0.4, -0.2) is 42.0 Å². The second-order valence-corrected chi connectivity index (χ2v) is 6.74. The molecule has 7 heteroatoms. The zero-order valence-corrected chi connectivity index (χ0v) is 12.4. The fraction of sp³-hybridized carbons (Fsp3) is 0.615. The lowest BCUT2D eigenvalue weighted by molar-refractivity contribution is 0.154. The van der Waals surface area contributed by atoms with Crippen molar-refractivity contribution < 1.29 is 13.5 Å². The summed E-state index contributed by atoms with van der Waals surface area (Å²) in [5.74, 6) is 0. The lowest BCUT2D eigenvalue weighted by Gasteiger charge is -2.33. The van der Waals surface area contributed by atoms with E-state index in [-0.39, 0.29) is 19.2 Å². The highest BCUT2D eigenvalue weighted by Crippen LogP contribution is 2.19. The fourth-order valence-corrected chi connectivity index (χ4v) is 3.84. The topological polar surface area (TPSA) is 82.5 Å². The molecule has 1 aliphatic heterocycles. The largest absolute Gasteiger partial charge is 0.395 e. The highest BCUT2D eigenvalue weighted by molar-refractivity contribution is 7.87. The molecule has 2 heterocycles. The molecular formula is C13H21N3O3S. The highest BCUT2D eigenvalue weighted by atomic mass is 32.2. The number of aromatic nitrogens is 1. The van der Waals surface area contributed by atoms with E-state index in [1.165, 1.54) is 4.31 Å². The average Bonchev–Trinajstić information content (AvgIpc) is 2.46. The van der Waals surface area contributed by atoms with Gasteiger partial charge in [0.15, 0.2) is 0 Å². The molecule has 6 nitrogen and oxygen atoms in total. The van der Waals surface area contributed by atoms with Crippen molar-refractivity contribution in [1.29, 1.82) is 0 Å². The molecule has 1 aliphatic rings. The molecule has 2 rings (SSSR count). The van der Waals surface area contributed by atoms with E-state index >= 15 is 0 Å². The van der Waals surface area contributed by atoms with Gasteiger partial charge in [0, 0.05) is 18.8 Å². The van der Waals surface area contributed by atoms with Gasteiger partial charge in [0.1, 0.15) is 0 Å². The molecule has 0 amide bonds. The van der Waals surface area contributed by atoms with Crippen LogP contribution in [0.5, 0.6) is 0 Å². The normalized spacial score (nSPS) is 21.0. The van der Waals surface area contributed by atoms with E-state index in [0.717, 1.165) is 18.4 Å². The maximum atomic E-state index is 12.3. The van der Waals surface area contributed by atoms with Crippen molar-refractivity contribution in [3.05, 3.63) is 29.6 Å². The fourth-order valence-electron chi connectivity index (χ4n) is 2.42. The molecule has 1 unspecified atom stereocenters. The smallest absolute Gasteiger partial charge is 0.280 e. The van der Waals surface area contributed by atoms with E-state index in [4.69, 9.17) is 0 Å². The lowest BCUT2D eigenvalue weighted by Crippen LogP contribution is -2.50. The second-order valence-electron chi connectivity index (χ2n) is 5.04. The molecule has 0 bridgehead atoms. The van der Waals surface area contributed by atoms with E-state index < -0.39 is 10.2 Å². The van der Waals surface area contributed by atoms with Gasteiger partial charge in [-0.2, -0.15) is 17.4 Å². The minimum atomic E-state index is -3.58. The van der Waals surface area contributed by atoms with Crippen LogP contribution in [0, 0.1) is 6.92 Å². The van der Waals surface area contributed by atoms with Gasteiger partial charge in [-0.1, -0.05) is 12.5 Å².